The van der Waals surface area contributed by atoms with Crippen LogP contribution in [0.3, 0.4) is 0 Å². The van der Waals surface area contributed by atoms with Crippen LogP contribution in [0.1, 0.15) is 30.2 Å². The molecule has 1 saturated heterocycles. The van der Waals surface area contributed by atoms with Crippen molar-refractivity contribution in [2.24, 2.45) is 10.9 Å². The number of nitrogens with two attached hydrogens (primary N) is 1. The highest BCUT2D eigenvalue weighted by Crippen LogP contribution is 2.30. The van der Waals surface area contributed by atoms with E-state index in [1.807, 2.05) is 11.8 Å². The van der Waals surface area contributed by atoms with Crippen LogP contribution in [0.5, 0.6) is 0 Å². The van der Waals surface area contributed by atoms with Crippen molar-refractivity contribution in [3.05, 3.63) is 22.9 Å². The normalized spacial score (nSPS) is 22.9. The number of pyridine rings is 1. The fourth-order valence-electron chi connectivity index (χ4n) is 2.96. The lowest BCUT2D eigenvalue weighted by atomic mass is 10.1. The molecule has 0 radical (unpaired) electrons. The van der Waals surface area contributed by atoms with E-state index in [0.717, 1.165) is 48.7 Å². The Labute approximate surface area is 123 Å². The molecule has 1 aliphatic carbocycles. The van der Waals surface area contributed by atoms with Crippen LogP contribution < -0.4 is 10.6 Å². The van der Waals surface area contributed by atoms with Gasteiger partial charge in [-0.2, -0.15) is 11.8 Å². The zero-order chi connectivity index (χ0) is 14.1. The molecule has 6 heteroatoms. The third-order valence-corrected chi connectivity index (χ3v) is 5.24. The van der Waals surface area contributed by atoms with Crippen LogP contribution in [0.25, 0.3) is 0 Å². The first-order valence-corrected chi connectivity index (χ1v) is 8.21. The molecule has 108 valence electrons. The van der Waals surface area contributed by atoms with Crippen LogP contribution in [-0.2, 0) is 12.8 Å². The molecule has 0 saturated carbocycles. The van der Waals surface area contributed by atoms with Crippen molar-refractivity contribution in [2.45, 2.75) is 32.2 Å². The molecule has 0 aromatic carbocycles. The molecule has 1 aliphatic heterocycles. The molecule has 0 spiro atoms. The molecule has 20 heavy (non-hydrogen) atoms. The highest BCUT2D eigenvalue weighted by Gasteiger charge is 2.26. The molecule has 2 heterocycles. The van der Waals surface area contributed by atoms with Gasteiger partial charge in [-0.25, -0.2) is 4.98 Å². The van der Waals surface area contributed by atoms with E-state index in [0.29, 0.717) is 6.04 Å². The van der Waals surface area contributed by atoms with Crippen LogP contribution in [-0.4, -0.2) is 40.1 Å². The number of aromatic nitrogens is 1. The molecule has 3 rings (SSSR count). The molecule has 0 amide bonds. The minimum absolute atomic E-state index is 0.160. The predicted molar refractivity (Wildman–Crippen MR) is 82.9 cm³/mol. The number of hydrogen-bond acceptors (Lipinski definition) is 5. The van der Waals surface area contributed by atoms with E-state index in [9.17, 15) is 0 Å². The summed E-state index contributed by atoms with van der Waals surface area (Å²) >= 11 is 1.97. The zero-order valence-corrected chi connectivity index (χ0v) is 12.5. The molecule has 1 aromatic heterocycles. The van der Waals surface area contributed by atoms with E-state index in [4.69, 9.17) is 15.9 Å². The van der Waals surface area contributed by atoms with Crippen molar-refractivity contribution in [2.75, 3.05) is 23.0 Å². The molecule has 1 unspecified atom stereocenters. The maximum atomic E-state index is 9.04. The molecule has 2 aliphatic rings. The van der Waals surface area contributed by atoms with Gasteiger partial charge in [-0.05, 0) is 37.8 Å². The van der Waals surface area contributed by atoms with Gasteiger partial charge in [0.15, 0.2) is 5.84 Å². The van der Waals surface area contributed by atoms with Gasteiger partial charge < -0.3 is 15.8 Å². The fraction of sp³-hybridized carbons (Fsp3) is 0.571. The number of hydrogen-bond donors (Lipinski definition) is 2. The van der Waals surface area contributed by atoms with Gasteiger partial charge in [0.2, 0.25) is 0 Å². The summed E-state index contributed by atoms with van der Waals surface area (Å²) in [6, 6.07) is 2.49. The minimum atomic E-state index is 0.160. The second-order valence-electron chi connectivity index (χ2n) is 5.42. The largest absolute Gasteiger partial charge is 0.409 e. The molecule has 1 fully saturated rings. The number of nitrogens with zero attached hydrogens (tertiary/aromatic N) is 3. The zero-order valence-electron chi connectivity index (χ0n) is 11.7. The Morgan fingerprint density at radius 1 is 1.55 bits per heavy atom. The molecule has 1 atom stereocenters. The number of amidine groups is 1. The number of oxime groups is 1. The summed E-state index contributed by atoms with van der Waals surface area (Å²) in [5, 5.41) is 12.2. The average molecular weight is 292 g/mol. The van der Waals surface area contributed by atoms with Crippen LogP contribution in [0.4, 0.5) is 5.82 Å². The average Bonchev–Trinajstić information content (AvgIpc) is 2.93. The molecule has 3 N–H and O–H groups in total. The summed E-state index contributed by atoms with van der Waals surface area (Å²) in [7, 11) is 0. The van der Waals surface area contributed by atoms with Gasteiger partial charge in [0.1, 0.15) is 5.82 Å². The van der Waals surface area contributed by atoms with E-state index in [-0.39, 0.29) is 5.84 Å². The molecule has 1 aromatic rings. The Morgan fingerprint density at radius 3 is 3.15 bits per heavy atom. The maximum absolute atomic E-state index is 9.04. The summed E-state index contributed by atoms with van der Waals surface area (Å²) in [4.78, 5) is 7.14. The quantitative estimate of drug-likeness (QED) is 0.375. The number of fused-ring (bicyclic) bond motifs is 1. The van der Waals surface area contributed by atoms with Gasteiger partial charge in [-0.3, -0.25) is 0 Å². The summed E-state index contributed by atoms with van der Waals surface area (Å²) in [6.07, 6.45) is 3.22. The van der Waals surface area contributed by atoms with Crippen LogP contribution in [0.15, 0.2) is 11.2 Å². The SMILES string of the molecule is CC1CSCCN1c1nc2c(cc1C(N)=NO)CCC2. The van der Waals surface area contributed by atoms with Gasteiger partial charge in [0.25, 0.3) is 0 Å². The topological polar surface area (TPSA) is 74.7 Å². The van der Waals surface area contributed by atoms with Gasteiger partial charge in [-0.1, -0.05) is 5.16 Å². The van der Waals surface area contributed by atoms with Gasteiger partial charge in [0.05, 0.1) is 5.56 Å². The standard InChI is InChI=1S/C14H20N4OS/c1-9-8-20-6-5-18(9)14-11(13(15)17-19)7-10-3-2-4-12(10)16-14/h7,9,19H,2-6,8H2,1H3,(H2,15,17). The van der Waals surface area contributed by atoms with Crippen LogP contribution in [0, 0.1) is 0 Å². The monoisotopic (exact) mass is 292 g/mol. The first-order chi connectivity index (χ1) is 9.70. The van der Waals surface area contributed by atoms with Crippen molar-refractivity contribution >= 4 is 23.4 Å². The third-order valence-electron chi connectivity index (χ3n) is 4.05. The lowest BCUT2D eigenvalue weighted by molar-refractivity contribution is 0.318. The highest BCUT2D eigenvalue weighted by atomic mass is 32.2. The Bertz CT molecular complexity index is 546. The Kier molecular flexibility index (Phi) is 3.74. The lowest BCUT2D eigenvalue weighted by Crippen LogP contribution is -2.42. The molecular weight excluding hydrogens is 272 g/mol. The minimum Gasteiger partial charge on any atom is -0.409 e. The third kappa shape index (κ3) is 2.32. The Hall–Kier alpha value is -1.43. The van der Waals surface area contributed by atoms with Crippen LogP contribution in [0.2, 0.25) is 0 Å². The fourth-order valence-corrected chi connectivity index (χ4v) is 3.98. The van der Waals surface area contributed by atoms with Gasteiger partial charge in [-0.15, -0.1) is 0 Å². The van der Waals surface area contributed by atoms with E-state index >= 15 is 0 Å². The van der Waals surface area contributed by atoms with Crippen molar-refractivity contribution < 1.29 is 5.21 Å². The van der Waals surface area contributed by atoms with Crippen LogP contribution >= 0.6 is 11.8 Å². The smallest absolute Gasteiger partial charge is 0.173 e. The lowest BCUT2D eigenvalue weighted by Gasteiger charge is -2.35. The number of thioether (sulfide) groups is 1. The van der Waals surface area contributed by atoms with Crippen molar-refractivity contribution in [1.29, 1.82) is 0 Å². The highest BCUT2D eigenvalue weighted by molar-refractivity contribution is 7.99. The van der Waals surface area contributed by atoms with Gasteiger partial charge in [0, 0.05) is 29.8 Å². The number of anilines is 1. The Balaban J connectivity index is 2.07. The maximum Gasteiger partial charge on any atom is 0.173 e. The summed E-state index contributed by atoms with van der Waals surface area (Å²) in [6.45, 7) is 3.17. The number of rotatable bonds is 2. The molecule has 5 nitrogen and oxygen atoms in total. The van der Waals surface area contributed by atoms with E-state index in [1.165, 1.54) is 11.3 Å². The predicted octanol–water partition coefficient (Wildman–Crippen LogP) is 1.61. The van der Waals surface area contributed by atoms with Crippen molar-refractivity contribution in [1.82, 2.24) is 4.98 Å². The second-order valence-corrected chi connectivity index (χ2v) is 6.57. The Morgan fingerprint density at radius 2 is 2.40 bits per heavy atom. The number of aryl methyl sites for hydroxylation is 2. The first kappa shape index (κ1) is 13.5. The molecular formula is C14H20N4OS. The summed E-state index contributed by atoms with van der Waals surface area (Å²) in [5.74, 6) is 3.23. The molecule has 0 bridgehead atoms. The second kappa shape index (κ2) is 5.52. The van der Waals surface area contributed by atoms with E-state index < -0.39 is 0 Å². The first-order valence-electron chi connectivity index (χ1n) is 7.05. The van der Waals surface area contributed by atoms with Crippen molar-refractivity contribution in [3.63, 3.8) is 0 Å². The van der Waals surface area contributed by atoms with Gasteiger partial charge >= 0.3 is 0 Å². The van der Waals surface area contributed by atoms with E-state index in [2.05, 4.69) is 23.0 Å². The van der Waals surface area contributed by atoms with E-state index in [1.54, 1.807) is 0 Å². The summed E-state index contributed by atoms with van der Waals surface area (Å²) < 4.78 is 0. The van der Waals surface area contributed by atoms with Crippen molar-refractivity contribution in [3.8, 4) is 0 Å². The summed E-state index contributed by atoms with van der Waals surface area (Å²) in [5.41, 5.74) is 9.06.